The molecule has 1 nitrogen and oxygen atoms in total. The first-order valence-electron chi connectivity index (χ1n) is 5.83. The standard InChI is InChI=1S/C13H17ClFN/c1-3-11(16-12-7-8(12)2)13-9(14)5-4-6-10(13)15/h4-6,8,11-12,16H,3,7H2,1-2H3. The highest BCUT2D eigenvalue weighted by Gasteiger charge is 2.34. The zero-order chi connectivity index (χ0) is 11.7. The summed E-state index contributed by atoms with van der Waals surface area (Å²) >= 11 is 6.06. The van der Waals surface area contributed by atoms with E-state index in [1.54, 1.807) is 12.1 Å². The normalized spacial score (nSPS) is 25.5. The van der Waals surface area contributed by atoms with Crippen LogP contribution in [0.25, 0.3) is 0 Å². The van der Waals surface area contributed by atoms with Gasteiger partial charge in [-0.3, -0.25) is 0 Å². The first-order chi connectivity index (χ1) is 7.63. The van der Waals surface area contributed by atoms with Crippen molar-refractivity contribution in [2.75, 3.05) is 0 Å². The zero-order valence-corrected chi connectivity index (χ0v) is 10.4. The molecule has 0 aliphatic heterocycles. The van der Waals surface area contributed by atoms with Crippen molar-refractivity contribution in [2.24, 2.45) is 5.92 Å². The highest BCUT2D eigenvalue weighted by Crippen LogP contribution is 2.35. The maximum Gasteiger partial charge on any atom is 0.129 e. The predicted molar refractivity (Wildman–Crippen MR) is 65.1 cm³/mol. The molecule has 88 valence electrons. The largest absolute Gasteiger partial charge is 0.307 e. The minimum Gasteiger partial charge on any atom is -0.307 e. The maximum absolute atomic E-state index is 13.7. The fourth-order valence-corrected chi connectivity index (χ4v) is 2.36. The number of halogens is 2. The average Bonchev–Trinajstić information content (AvgIpc) is 2.92. The highest BCUT2D eigenvalue weighted by molar-refractivity contribution is 6.31. The van der Waals surface area contributed by atoms with Crippen molar-refractivity contribution in [2.45, 2.75) is 38.8 Å². The van der Waals surface area contributed by atoms with Gasteiger partial charge in [-0.25, -0.2) is 4.39 Å². The van der Waals surface area contributed by atoms with E-state index in [4.69, 9.17) is 11.6 Å². The fourth-order valence-electron chi connectivity index (χ4n) is 2.06. The molecular formula is C13H17ClFN. The quantitative estimate of drug-likeness (QED) is 0.842. The van der Waals surface area contributed by atoms with Gasteiger partial charge in [-0.1, -0.05) is 31.5 Å². The lowest BCUT2D eigenvalue weighted by Crippen LogP contribution is -2.25. The minimum absolute atomic E-state index is 0.0312. The lowest BCUT2D eigenvalue weighted by Gasteiger charge is -2.19. The lowest BCUT2D eigenvalue weighted by molar-refractivity contribution is 0.476. The van der Waals surface area contributed by atoms with E-state index in [1.807, 2.05) is 6.92 Å². The monoisotopic (exact) mass is 241 g/mol. The summed E-state index contributed by atoms with van der Waals surface area (Å²) in [4.78, 5) is 0. The summed E-state index contributed by atoms with van der Waals surface area (Å²) in [6.45, 7) is 4.25. The van der Waals surface area contributed by atoms with E-state index >= 15 is 0 Å². The molecule has 3 heteroatoms. The van der Waals surface area contributed by atoms with Crippen LogP contribution in [0.3, 0.4) is 0 Å². The molecule has 0 aromatic heterocycles. The van der Waals surface area contributed by atoms with Crippen molar-refractivity contribution in [1.82, 2.24) is 5.32 Å². The first-order valence-corrected chi connectivity index (χ1v) is 6.21. The molecule has 1 saturated carbocycles. The molecule has 3 unspecified atom stereocenters. The van der Waals surface area contributed by atoms with E-state index in [2.05, 4.69) is 12.2 Å². The topological polar surface area (TPSA) is 12.0 Å². The van der Waals surface area contributed by atoms with Gasteiger partial charge >= 0.3 is 0 Å². The molecule has 1 aliphatic rings. The van der Waals surface area contributed by atoms with Crippen LogP contribution in [0.1, 0.15) is 38.3 Å². The molecule has 3 atom stereocenters. The second-order valence-corrected chi connectivity index (χ2v) is 4.99. The Balaban J connectivity index is 2.19. The van der Waals surface area contributed by atoms with Crippen LogP contribution >= 0.6 is 11.6 Å². The molecule has 0 radical (unpaired) electrons. The third-order valence-corrected chi connectivity index (χ3v) is 3.61. The number of benzene rings is 1. The van der Waals surface area contributed by atoms with E-state index < -0.39 is 0 Å². The second kappa shape index (κ2) is 4.72. The van der Waals surface area contributed by atoms with Gasteiger partial charge in [-0.2, -0.15) is 0 Å². The maximum atomic E-state index is 13.7. The molecule has 1 aliphatic carbocycles. The Hall–Kier alpha value is -0.600. The van der Waals surface area contributed by atoms with Gasteiger partial charge in [0.05, 0.1) is 0 Å². The van der Waals surface area contributed by atoms with Crippen molar-refractivity contribution in [1.29, 1.82) is 0 Å². The molecule has 2 rings (SSSR count). The Morgan fingerprint density at radius 3 is 2.75 bits per heavy atom. The predicted octanol–water partition coefficient (Wildman–Crippen LogP) is 3.93. The third kappa shape index (κ3) is 2.38. The van der Waals surface area contributed by atoms with E-state index in [-0.39, 0.29) is 11.9 Å². The molecular weight excluding hydrogens is 225 g/mol. The second-order valence-electron chi connectivity index (χ2n) is 4.58. The number of nitrogens with one attached hydrogen (secondary N) is 1. The van der Waals surface area contributed by atoms with Crippen molar-refractivity contribution >= 4 is 11.6 Å². The molecule has 1 N–H and O–H groups in total. The van der Waals surface area contributed by atoms with E-state index in [0.717, 1.165) is 6.42 Å². The number of hydrogen-bond acceptors (Lipinski definition) is 1. The molecule has 1 fully saturated rings. The molecule has 0 heterocycles. The van der Waals surface area contributed by atoms with Crippen LogP contribution < -0.4 is 5.32 Å². The van der Waals surface area contributed by atoms with Gasteiger partial charge in [-0.05, 0) is 30.9 Å². The summed E-state index contributed by atoms with van der Waals surface area (Å²) < 4.78 is 13.7. The van der Waals surface area contributed by atoms with Gasteiger partial charge in [0.15, 0.2) is 0 Å². The Labute approximate surface area is 101 Å². The average molecular weight is 242 g/mol. The SMILES string of the molecule is CCC(NC1CC1C)c1c(F)cccc1Cl. The summed E-state index contributed by atoms with van der Waals surface area (Å²) in [7, 11) is 0. The lowest BCUT2D eigenvalue weighted by atomic mass is 10.0. The van der Waals surface area contributed by atoms with Crippen LogP contribution in [0.15, 0.2) is 18.2 Å². The van der Waals surface area contributed by atoms with Crippen molar-refractivity contribution < 1.29 is 4.39 Å². The molecule has 1 aromatic carbocycles. The van der Waals surface area contributed by atoms with Crippen LogP contribution in [0.5, 0.6) is 0 Å². The number of rotatable bonds is 4. The van der Waals surface area contributed by atoms with Crippen LogP contribution in [0.4, 0.5) is 4.39 Å². The summed E-state index contributed by atoms with van der Waals surface area (Å²) in [5.74, 6) is 0.500. The Kier molecular flexibility index (Phi) is 3.50. The van der Waals surface area contributed by atoms with E-state index in [1.165, 1.54) is 12.5 Å². The van der Waals surface area contributed by atoms with Crippen LogP contribution in [-0.4, -0.2) is 6.04 Å². The molecule has 0 amide bonds. The number of hydrogen-bond donors (Lipinski definition) is 1. The van der Waals surface area contributed by atoms with Gasteiger partial charge in [-0.15, -0.1) is 0 Å². The summed E-state index contributed by atoms with van der Waals surface area (Å²) in [6, 6.07) is 5.43. The van der Waals surface area contributed by atoms with Gasteiger partial charge in [0.2, 0.25) is 0 Å². The van der Waals surface area contributed by atoms with Gasteiger partial charge < -0.3 is 5.32 Å². The van der Waals surface area contributed by atoms with Crippen molar-refractivity contribution in [3.8, 4) is 0 Å². The van der Waals surface area contributed by atoms with Gasteiger partial charge in [0.1, 0.15) is 5.82 Å². The summed E-state index contributed by atoms with van der Waals surface area (Å²) in [5.41, 5.74) is 0.616. The van der Waals surface area contributed by atoms with Crippen LogP contribution in [0.2, 0.25) is 5.02 Å². The van der Waals surface area contributed by atoms with Crippen LogP contribution in [-0.2, 0) is 0 Å². The van der Waals surface area contributed by atoms with Crippen molar-refractivity contribution in [3.63, 3.8) is 0 Å². The third-order valence-electron chi connectivity index (χ3n) is 3.28. The van der Waals surface area contributed by atoms with Gasteiger partial charge in [0, 0.05) is 22.7 Å². The molecule has 1 aromatic rings. The molecule has 0 bridgehead atoms. The first kappa shape index (κ1) is 11.9. The van der Waals surface area contributed by atoms with Crippen LogP contribution in [0, 0.1) is 11.7 Å². The smallest absolute Gasteiger partial charge is 0.129 e. The van der Waals surface area contributed by atoms with E-state index in [9.17, 15) is 4.39 Å². The fraction of sp³-hybridized carbons (Fsp3) is 0.538. The molecule has 0 saturated heterocycles. The molecule has 0 spiro atoms. The van der Waals surface area contributed by atoms with Crippen molar-refractivity contribution in [3.05, 3.63) is 34.6 Å². The Morgan fingerprint density at radius 2 is 2.25 bits per heavy atom. The zero-order valence-electron chi connectivity index (χ0n) is 9.63. The Bertz CT molecular complexity index is 360. The summed E-state index contributed by atoms with van der Waals surface area (Å²) in [6.07, 6.45) is 2.03. The Morgan fingerprint density at radius 1 is 1.56 bits per heavy atom. The summed E-state index contributed by atoms with van der Waals surface area (Å²) in [5, 5.41) is 3.98. The highest BCUT2D eigenvalue weighted by atomic mass is 35.5. The minimum atomic E-state index is -0.208. The van der Waals surface area contributed by atoms with Gasteiger partial charge in [0.25, 0.3) is 0 Å². The molecule has 16 heavy (non-hydrogen) atoms. The van der Waals surface area contributed by atoms with E-state index in [0.29, 0.717) is 22.5 Å².